The van der Waals surface area contributed by atoms with Crippen LogP contribution in [0.15, 0.2) is 71.6 Å². The first-order chi connectivity index (χ1) is 10.6. The highest BCUT2D eigenvalue weighted by Gasteiger charge is 2.19. The van der Waals surface area contributed by atoms with Crippen LogP contribution >= 0.6 is 0 Å². The summed E-state index contributed by atoms with van der Waals surface area (Å²) >= 11 is 0. The molecule has 5 heteroatoms. The molecule has 0 aliphatic rings. The molecule has 22 heavy (non-hydrogen) atoms. The van der Waals surface area contributed by atoms with Gasteiger partial charge in [-0.1, -0.05) is 54.6 Å². The second kappa shape index (κ2) is 5.79. The number of para-hydroxylation sites is 1. The summed E-state index contributed by atoms with van der Waals surface area (Å²) in [6.07, 6.45) is 0. The van der Waals surface area contributed by atoms with Crippen LogP contribution in [0.4, 0.5) is 5.69 Å². The highest BCUT2D eigenvalue weighted by atomic mass is 32.2. The molecule has 112 valence electrons. The van der Waals surface area contributed by atoms with Gasteiger partial charge >= 0.3 is 10.1 Å². The lowest BCUT2D eigenvalue weighted by molar-refractivity contribution is 0.391. The van der Waals surface area contributed by atoms with E-state index in [0.29, 0.717) is 11.1 Å². The number of aryl methyl sites for hydroxylation is 1. The lowest BCUT2D eigenvalue weighted by atomic mass is 10.1. The number of anilines is 1. The number of rotatable bonds is 4. The van der Waals surface area contributed by atoms with E-state index in [9.17, 15) is 8.42 Å². The Balaban J connectivity index is 1.94. The molecule has 3 aromatic carbocycles. The van der Waals surface area contributed by atoms with Gasteiger partial charge in [0.15, 0.2) is 0 Å². The van der Waals surface area contributed by atoms with Gasteiger partial charge in [0.25, 0.3) is 0 Å². The lowest BCUT2D eigenvalue weighted by Crippen LogP contribution is -2.12. The van der Waals surface area contributed by atoms with E-state index in [1.807, 2.05) is 43.3 Å². The normalized spacial score (nSPS) is 11.5. The Bertz CT molecular complexity index is 915. The quantitative estimate of drug-likeness (QED) is 0.743. The van der Waals surface area contributed by atoms with Crippen molar-refractivity contribution in [1.29, 1.82) is 0 Å². The van der Waals surface area contributed by atoms with Crippen LogP contribution in [0.1, 0.15) is 5.56 Å². The van der Waals surface area contributed by atoms with Crippen molar-refractivity contribution in [2.75, 3.05) is 5.48 Å². The van der Waals surface area contributed by atoms with Crippen LogP contribution in [0.25, 0.3) is 10.8 Å². The van der Waals surface area contributed by atoms with Crippen LogP contribution in [0.2, 0.25) is 0 Å². The van der Waals surface area contributed by atoms with Crippen molar-refractivity contribution in [2.24, 2.45) is 0 Å². The van der Waals surface area contributed by atoms with Crippen LogP contribution < -0.4 is 5.48 Å². The second-order valence-electron chi connectivity index (χ2n) is 4.93. The molecule has 0 unspecified atom stereocenters. The number of hydrogen-bond donors (Lipinski definition) is 1. The molecule has 1 N–H and O–H groups in total. The van der Waals surface area contributed by atoms with Crippen molar-refractivity contribution < 1.29 is 12.7 Å². The van der Waals surface area contributed by atoms with E-state index < -0.39 is 10.1 Å². The Morgan fingerprint density at radius 1 is 0.864 bits per heavy atom. The van der Waals surface area contributed by atoms with Gasteiger partial charge < -0.3 is 0 Å². The molecule has 0 aliphatic carbocycles. The monoisotopic (exact) mass is 313 g/mol. The molecule has 0 aromatic heterocycles. The van der Waals surface area contributed by atoms with Crippen molar-refractivity contribution in [3.8, 4) is 0 Å². The first-order valence-corrected chi connectivity index (χ1v) is 8.22. The Kier molecular flexibility index (Phi) is 3.83. The van der Waals surface area contributed by atoms with Crippen LogP contribution in [-0.2, 0) is 14.4 Å². The summed E-state index contributed by atoms with van der Waals surface area (Å²) in [6, 6.07) is 19.7. The van der Waals surface area contributed by atoms with Gasteiger partial charge in [0.2, 0.25) is 0 Å². The number of fused-ring (bicyclic) bond motifs is 1. The predicted molar refractivity (Wildman–Crippen MR) is 87.0 cm³/mol. The summed E-state index contributed by atoms with van der Waals surface area (Å²) in [4.78, 5) is 0.145. The minimum atomic E-state index is -3.91. The first-order valence-electron chi connectivity index (χ1n) is 6.81. The van der Waals surface area contributed by atoms with E-state index in [1.165, 1.54) is 6.07 Å². The number of nitrogens with one attached hydrogen (secondary N) is 1. The van der Waals surface area contributed by atoms with Gasteiger partial charge in [-0.15, -0.1) is 4.28 Å². The summed E-state index contributed by atoms with van der Waals surface area (Å²) in [6.45, 7) is 1.87. The molecule has 0 aliphatic heterocycles. The van der Waals surface area contributed by atoms with E-state index in [-0.39, 0.29) is 4.90 Å². The molecular formula is C17H15NO3S. The molecule has 0 heterocycles. The van der Waals surface area contributed by atoms with Gasteiger partial charge in [0.1, 0.15) is 4.90 Å². The average Bonchev–Trinajstić information content (AvgIpc) is 2.53. The Hall–Kier alpha value is -2.37. The molecule has 3 rings (SSSR count). The highest BCUT2D eigenvalue weighted by molar-refractivity contribution is 7.87. The largest absolute Gasteiger partial charge is 0.318 e. The van der Waals surface area contributed by atoms with Crippen molar-refractivity contribution in [2.45, 2.75) is 11.8 Å². The molecule has 4 nitrogen and oxygen atoms in total. The molecular weight excluding hydrogens is 298 g/mol. The fraction of sp³-hybridized carbons (Fsp3) is 0.0588. The predicted octanol–water partition coefficient (Wildman–Crippen LogP) is 3.88. The van der Waals surface area contributed by atoms with E-state index in [4.69, 9.17) is 4.28 Å². The maximum atomic E-state index is 12.4. The van der Waals surface area contributed by atoms with Crippen molar-refractivity contribution in [3.05, 3.63) is 72.3 Å². The molecule has 3 aromatic rings. The van der Waals surface area contributed by atoms with Crippen LogP contribution in [0.3, 0.4) is 0 Å². The zero-order valence-corrected chi connectivity index (χ0v) is 12.8. The van der Waals surface area contributed by atoms with Gasteiger partial charge in [0.05, 0.1) is 5.69 Å². The summed E-state index contributed by atoms with van der Waals surface area (Å²) in [5.41, 5.74) is 4.04. The molecule has 0 amide bonds. The standard InChI is InChI=1S/C17H15NO3S/c1-13-7-2-5-11-16(13)18-21-22(19,20)17-12-6-9-14-8-3-4-10-15(14)17/h2-12,18H,1H3. The minimum absolute atomic E-state index is 0.145. The fourth-order valence-corrected chi connectivity index (χ4v) is 3.24. The fourth-order valence-electron chi connectivity index (χ4n) is 2.25. The lowest BCUT2D eigenvalue weighted by Gasteiger charge is -2.11. The summed E-state index contributed by atoms with van der Waals surface area (Å²) in [5, 5.41) is 1.49. The zero-order valence-electron chi connectivity index (χ0n) is 12.0. The molecule has 0 saturated heterocycles. The van der Waals surface area contributed by atoms with E-state index in [1.54, 1.807) is 24.3 Å². The van der Waals surface area contributed by atoms with Crippen LogP contribution in [0.5, 0.6) is 0 Å². The van der Waals surface area contributed by atoms with E-state index in [2.05, 4.69) is 5.48 Å². The summed E-state index contributed by atoms with van der Waals surface area (Å²) in [7, 11) is -3.91. The van der Waals surface area contributed by atoms with Crippen LogP contribution in [-0.4, -0.2) is 8.42 Å². The van der Waals surface area contributed by atoms with Gasteiger partial charge in [0, 0.05) is 5.39 Å². The third kappa shape index (κ3) is 2.81. The maximum absolute atomic E-state index is 12.4. The molecule has 0 radical (unpaired) electrons. The second-order valence-corrected chi connectivity index (χ2v) is 6.45. The highest BCUT2D eigenvalue weighted by Crippen LogP contribution is 2.25. The number of hydrogen-bond acceptors (Lipinski definition) is 4. The Morgan fingerprint density at radius 3 is 2.36 bits per heavy atom. The Labute approximate surface area is 129 Å². The molecule has 0 bridgehead atoms. The SMILES string of the molecule is Cc1ccccc1NOS(=O)(=O)c1cccc2ccccc12. The van der Waals surface area contributed by atoms with Crippen LogP contribution in [0, 0.1) is 6.92 Å². The van der Waals surface area contributed by atoms with Crippen molar-refractivity contribution in [1.82, 2.24) is 0 Å². The number of benzene rings is 3. The first kappa shape index (κ1) is 14.6. The molecule has 0 spiro atoms. The van der Waals surface area contributed by atoms with Gasteiger partial charge in [-0.2, -0.15) is 8.42 Å². The van der Waals surface area contributed by atoms with Gasteiger partial charge in [-0.05, 0) is 30.0 Å². The maximum Gasteiger partial charge on any atom is 0.318 e. The van der Waals surface area contributed by atoms with Gasteiger partial charge in [-0.25, -0.2) is 5.48 Å². The van der Waals surface area contributed by atoms with E-state index in [0.717, 1.165) is 10.9 Å². The zero-order chi connectivity index (χ0) is 15.6. The Morgan fingerprint density at radius 2 is 1.55 bits per heavy atom. The summed E-state index contributed by atoms with van der Waals surface area (Å²) in [5.74, 6) is 0. The molecule has 0 saturated carbocycles. The van der Waals surface area contributed by atoms with Crippen molar-refractivity contribution >= 4 is 26.6 Å². The molecule has 0 fully saturated rings. The topological polar surface area (TPSA) is 55.4 Å². The van der Waals surface area contributed by atoms with Gasteiger partial charge in [-0.3, -0.25) is 0 Å². The smallest absolute Gasteiger partial charge is 0.249 e. The molecule has 0 atom stereocenters. The third-order valence-electron chi connectivity index (χ3n) is 3.43. The van der Waals surface area contributed by atoms with Crippen molar-refractivity contribution in [3.63, 3.8) is 0 Å². The average molecular weight is 313 g/mol. The third-order valence-corrected chi connectivity index (χ3v) is 4.62. The minimum Gasteiger partial charge on any atom is -0.249 e. The summed E-state index contributed by atoms with van der Waals surface area (Å²) < 4.78 is 29.9. The van der Waals surface area contributed by atoms with E-state index >= 15 is 0 Å².